The van der Waals surface area contributed by atoms with Crippen LogP contribution in [-0.4, -0.2) is 20.9 Å². The first-order valence-corrected chi connectivity index (χ1v) is 5.80. The number of carbonyl (C=O) groups excluding carboxylic acids is 1. The van der Waals surface area contributed by atoms with Crippen molar-refractivity contribution in [2.45, 2.75) is 6.42 Å². The number of hydrogen-bond donors (Lipinski definition) is 0. The summed E-state index contributed by atoms with van der Waals surface area (Å²) in [6, 6.07) is 9.64. The van der Waals surface area contributed by atoms with Crippen LogP contribution in [0, 0.1) is 5.82 Å². The summed E-state index contributed by atoms with van der Waals surface area (Å²) in [5.74, 6) is 0.329. The van der Waals surface area contributed by atoms with E-state index in [1.807, 2.05) is 0 Å². The van der Waals surface area contributed by atoms with Gasteiger partial charge in [-0.2, -0.15) is 5.10 Å². The van der Waals surface area contributed by atoms with E-state index in [-0.39, 0.29) is 5.82 Å². The molecule has 1 aromatic carbocycles. The van der Waals surface area contributed by atoms with Crippen molar-refractivity contribution in [1.82, 2.24) is 14.6 Å². The quantitative estimate of drug-likeness (QED) is 0.674. The van der Waals surface area contributed by atoms with Crippen LogP contribution in [0.4, 0.5) is 4.39 Å². The van der Waals surface area contributed by atoms with Gasteiger partial charge >= 0.3 is 0 Å². The zero-order chi connectivity index (χ0) is 13.2. The number of benzene rings is 1. The minimum atomic E-state index is -0.269. The highest BCUT2D eigenvalue weighted by Gasteiger charge is 2.08. The fraction of sp³-hybridized carbons (Fsp3) is 0.0714. The number of carbonyl (C=O) groups is 1. The number of aldehydes is 1. The molecule has 3 rings (SSSR count). The molecule has 0 spiro atoms. The zero-order valence-electron chi connectivity index (χ0n) is 9.95. The minimum Gasteiger partial charge on any atom is -0.298 e. The van der Waals surface area contributed by atoms with Crippen molar-refractivity contribution in [3.8, 4) is 0 Å². The molecule has 4 nitrogen and oxygen atoms in total. The van der Waals surface area contributed by atoms with Gasteiger partial charge in [0.15, 0.2) is 17.8 Å². The Labute approximate surface area is 108 Å². The normalized spacial score (nSPS) is 10.8. The number of nitrogens with zero attached hydrogens (tertiary/aromatic N) is 3. The highest BCUT2D eigenvalue weighted by molar-refractivity contribution is 5.83. The van der Waals surface area contributed by atoms with Gasteiger partial charge < -0.3 is 0 Å². The van der Waals surface area contributed by atoms with Gasteiger partial charge in [-0.1, -0.05) is 12.1 Å². The van der Waals surface area contributed by atoms with Crippen molar-refractivity contribution < 1.29 is 9.18 Å². The van der Waals surface area contributed by atoms with Crippen LogP contribution in [-0.2, 0) is 6.42 Å². The summed E-state index contributed by atoms with van der Waals surface area (Å²) in [6.45, 7) is 0. The van der Waals surface area contributed by atoms with Gasteiger partial charge in [-0.15, -0.1) is 0 Å². The van der Waals surface area contributed by atoms with Crippen LogP contribution in [0.15, 0.2) is 42.6 Å². The third-order valence-corrected chi connectivity index (χ3v) is 2.84. The number of pyridine rings is 1. The Balaban J connectivity index is 1.97. The summed E-state index contributed by atoms with van der Waals surface area (Å²) in [5, 5.41) is 4.29. The van der Waals surface area contributed by atoms with E-state index in [9.17, 15) is 9.18 Å². The average Bonchev–Trinajstić information content (AvgIpc) is 2.83. The van der Waals surface area contributed by atoms with E-state index in [0.29, 0.717) is 23.5 Å². The second-order valence-corrected chi connectivity index (χ2v) is 4.18. The fourth-order valence-corrected chi connectivity index (χ4v) is 1.92. The lowest BCUT2D eigenvalue weighted by atomic mass is 10.1. The van der Waals surface area contributed by atoms with Gasteiger partial charge in [-0.3, -0.25) is 4.79 Å². The molecule has 0 aliphatic heterocycles. The Morgan fingerprint density at radius 3 is 2.74 bits per heavy atom. The monoisotopic (exact) mass is 255 g/mol. The largest absolute Gasteiger partial charge is 0.298 e. The van der Waals surface area contributed by atoms with Crippen LogP contribution in [0.1, 0.15) is 21.7 Å². The van der Waals surface area contributed by atoms with E-state index >= 15 is 0 Å². The number of rotatable bonds is 3. The van der Waals surface area contributed by atoms with Crippen molar-refractivity contribution >= 4 is 11.9 Å². The summed E-state index contributed by atoms with van der Waals surface area (Å²) in [7, 11) is 0. The standard InChI is InChI=1S/C14H10FN3O/c15-12-5-3-10(4-6-12)8-13-16-14-11(9-19)2-1-7-18(14)17-13/h1-7,9H,8H2. The minimum absolute atomic E-state index is 0.269. The van der Waals surface area contributed by atoms with Crippen LogP contribution in [0.2, 0.25) is 0 Å². The molecule has 0 saturated heterocycles. The van der Waals surface area contributed by atoms with E-state index in [0.717, 1.165) is 11.8 Å². The summed E-state index contributed by atoms with van der Waals surface area (Å²) in [5.41, 5.74) is 1.96. The highest BCUT2D eigenvalue weighted by atomic mass is 19.1. The first kappa shape index (κ1) is 11.5. The first-order valence-electron chi connectivity index (χ1n) is 5.80. The molecule has 0 amide bonds. The first-order chi connectivity index (χ1) is 9.26. The summed E-state index contributed by atoms with van der Waals surface area (Å²) in [6.07, 6.45) is 3.00. The lowest BCUT2D eigenvalue weighted by Gasteiger charge is -1.95. The molecule has 0 radical (unpaired) electrons. The molecule has 2 aromatic heterocycles. The predicted molar refractivity (Wildman–Crippen MR) is 67.6 cm³/mol. The SMILES string of the molecule is O=Cc1cccn2nc(Cc3ccc(F)cc3)nc12. The number of halogens is 1. The number of aromatic nitrogens is 3. The third kappa shape index (κ3) is 2.22. The predicted octanol–water partition coefficient (Wildman–Crippen LogP) is 2.27. The molecule has 0 saturated carbocycles. The van der Waals surface area contributed by atoms with Crippen molar-refractivity contribution in [2.75, 3.05) is 0 Å². The molecular weight excluding hydrogens is 245 g/mol. The second kappa shape index (κ2) is 4.61. The third-order valence-electron chi connectivity index (χ3n) is 2.84. The molecule has 3 aromatic rings. The molecule has 0 bridgehead atoms. The van der Waals surface area contributed by atoms with Crippen molar-refractivity contribution in [2.24, 2.45) is 0 Å². The molecule has 5 heteroatoms. The lowest BCUT2D eigenvalue weighted by Crippen LogP contribution is -1.92. The maximum absolute atomic E-state index is 12.8. The lowest BCUT2D eigenvalue weighted by molar-refractivity contribution is 0.112. The van der Waals surface area contributed by atoms with Crippen molar-refractivity contribution in [3.05, 3.63) is 65.4 Å². The van der Waals surface area contributed by atoms with Gasteiger partial charge in [-0.05, 0) is 29.8 Å². The summed E-state index contributed by atoms with van der Waals surface area (Å²) < 4.78 is 14.4. The topological polar surface area (TPSA) is 47.3 Å². The molecule has 0 unspecified atom stereocenters. The van der Waals surface area contributed by atoms with E-state index in [2.05, 4.69) is 10.1 Å². The van der Waals surface area contributed by atoms with E-state index < -0.39 is 0 Å². The molecule has 0 N–H and O–H groups in total. The molecule has 2 heterocycles. The van der Waals surface area contributed by atoms with Crippen LogP contribution in [0.25, 0.3) is 5.65 Å². The number of fused-ring (bicyclic) bond motifs is 1. The maximum Gasteiger partial charge on any atom is 0.166 e. The van der Waals surface area contributed by atoms with E-state index in [1.165, 1.54) is 12.1 Å². The molecule has 19 heavy (non-hydrogen) atoms. The van der Waals surface area contributed by atoms with E-state index in [1.54, 1.807) is 35.0 Å². The molecule has 0 aliphatic rings. The smallest absolute Gasteiger partial charge is 0.166 e. The Morgan fingerprint density at radius 2 is 2.00 bits per heavy atom. The van der Waals surface area contributed by atoms with Gasteiger partial charge in [0.05, 0.1) is 5.56 Å². The summed E-state index contributed by atoms with van der Waals surface area (Å²) >= 11 is 0. The van der Waals surface area contributed by atoms with Crippen LogP contribution >= 0.6 is 0 Å². The molecule has 0 atom stereocenters. The highest BCUT2D eigenvalue weighted by Crippen LogP contribution is 2.11. The van der Waals surface area contributed by atoms with Crippen LogP contribution < -0.4 is 0 Å². The zero-order valence-corrected chi connectivity index (χ0v) is 9.95. The molecule has 94 valence electrons. The Bertz CT molecular complexity index is 734. The fourth-order valence-electron chi connectivity index (χ4n) is 1.92. The Morgan fingerprint density at radius 1 is 1.21 bits per heavy atom. The van der Waals surface area contributed by atoms with Crippen molar-refractivity contribution in [3.63, 3.8) is 0 Å². The van der Waals surface area contributed by atoms with Crippen molar-refractivity contribution in [1.29, 1.82) is 0 Å². The Hall–Kier alpha value is -2.56. The maximum atomic E-state index is 12.8. The molecule has 0 fully saturated rings. The van der Waals surface area contributed by atoms with Gasteiger partial charge in [-0.25, -0.2) is 13.9 Å². The molecular formula is C14H10FN3O. The van der Waals surface area contributed by atoms with Gasteiger partial charge in [0.25, 0.3) is 0 Å². The van der Waals surface area contributed by atoms with Gasteiger partial charge in [0.2, 0.25) is 0 Å². The van der Waals surface area contributed by atoms with Gasteiger partial charge in [0, 0.05) is 12.6 Å². The van der Waals surface area contributed by atoms with E-state index in [4.69, 9.17) is 0 Å². The molecule has 0 aliphatic carbocycles. The average molecular weight is 255 g/mol. The van der Waals surface area contributed by atoms with Crippen LogP contribution in [0.5, 0.6) is 0 Å². The Kier molecular flexibility index (Phi) is 2.79. The summed E-state index contributed by atoms with van der Waals surface area (Å²) in [4.78, 5) is 15.2. The van der Waals surface area contributed by atoms with Gasteiger partial charge in [0.1, 0.15) is 5.82 Å². The van der Waals surface area contributed by atoms with Crippen LogP contribution in [0.3, 0.4) is 0 Å². The second-order valence-electron chi connectivity index (χ2n) is 4.18. The number of hydrogen-bond acceptors (Lipinski definition) is 3.